The van der Waals surface area contributed by atoms with Crippen LogP contribution in [-0.4, -0.2) is 41.9 Å². The number of carbonyl (C=O) groups excluding carboxylic acids is 1. The van der Waals surface area contributed by atoms with E-state index in [0.29, 0.717) is 17.2 Å². The molecule has 0 radical (unpaired) electrons. The Balaban J connectivity index is 1.84. The smallest absolute Gasteiger partial charge is 0.253 e. The number of nitrogens with two attached hydrogens (primary N) is 1. The van der Waals surface area contributed by atoms with Gasteiger partial charge in [0.15, 0.2) is 0 Å². The highest BCUT2D eigenvalue weighted by atomic mass is 16.2. The van der Waals surface area contributed by atoms with E-state index in [1.54, 1.807) is 25.2 Å². The summed E-state index contributed by atoms with van der Waals surface area (Å²) in [6, 6.07) is 15.0. The van der Waals surface area contributed by atoms with Crippen LogP contribution in [0.25, 0.3) is 0 Å². The van der Waals surface area contributed by atoms with Crippen LogP contribution in [0, 0.1) is 6.92 Å². The molecule has 1 aromatic heterocycles. The van der Waals surface area contributed by atoms with Gasteiger partial charge in [-0.25, -0.2) is 4.98 Å². The van der Waals surface area contributed by atoms with Crippen molar-refractivity contribution in [3.8, 4) is 0 Å². The van der Waals surface area contributed by atoms with Crippen molar-refractivity contribution in [1.82, 2.24) is 14.9 Å². The predicted octanol–water partition coefficient (Wildman–Crippen LogP) is 3.58. The van der Waals surface area contributed by atoms with E-state index in [1.165, 1.54) is 0 Å². The normalized spacial score (nSPS) is 10.4. The Hall–Kier alpha value is -3.61. The van der Waals surface area contributed by atoms with Gasteiger partial charge in [0, 0.05) is 50.0 Å². The Kier molecular flexibility index (Phi) is 5.44. The minimum Gasteiger partial charge on any atom is -0.399 e. The van der Waals surface area contributed by atoms with Crippen molar-refractivity contribution in [3.05, 3.63) is 65.9 Å². The molecule has 0 bridgehead atoms. The van der Waals surface area contributed by atoms with Gasteiger partial charge < -0.3 is 20.9 Å². The fraction of sp³-hybridized carbons (Fsp3) is 0.190. The molecule has 3 rings (SSSR count). The van der Waals surface area contributed by atoms with Crippen LogP contribution in [0.2, 0.25) is 0 Å². The second kappa shape index (κ2) is 7.96. The molecule has 3 N–H and O–H groups in total. The highest BCUT2D eigenvalue weighted by Crippen LogP contribution is 2.24. The molecule has 3 aromatic rings. The number of anilines is 5. The van der Waals surface area contributed by atoms with Crippen molar-refractivity contribution in [2.45, 2.75) is 6.92 Å². The number of carbonyl (C=O) groups is 1. The minimum atomic E-state index is -0.0427. The first-order valence-electron chi connectivity index (χ1n) is 8.87. The number of aryl methyl sites for hydroxylation is 1. The molecule has 0 aliphatic carbocycles. The topological polar surface area (TPSA) is 87.4 Å². The third-order valence-corrected chi connectivity index (χ3v) is 4.40. The van der Waals surface area contributed by atoms with E-state index in [-0.39, 0.29) is 5.91 Å². The van der Waals surface area contributed by atoms with E-state index in [4.69, 9.17) is 5.73 Å². The summed E-state index contributed by atoms with van der Waals surface area (Å²) in [7, 11) is 5.40. The van der Waals surface area contributed by atoms with E-state index in [1.807, 2.05) is 67.4 Å². The van der Waals surface area contributed by atoms with Crippen LogP contribution in [0.15, 0.2) is 54.7 Å². The van der Waals surface area contributed by atoms with E-state index in [0.717, 1.165) is 22.8 Å². The number of nitrogen functional groups attached to an aromatic ring is 1. The molecule has 0 saturated carbocycles. The van der Waals surface area contributed by atoms with Crippen LogP contribution in [0.5, 0.6) is 0 Å². The summed E-state index contributed by atoms with van der Waals surface area (Å²) in [6.07, 6.45) is 1.69. The molecule has 2 aromatic carbocycles. The Bertz CT molecular complexity index is 984. The summed E-state index contributed by atoms with van der Waals surface area (Å²) >= 11 is 0. The van der Waals surface area contributed by atoms with Crippen molar-refractivity contribution in [3.63, 3.8) is 0 Å². The molecule has 0 saturated heterocycles. The second-order valence-corrected chi connectivity index (χ2v) is 6.74. The number of nitrogens with one attached hydrogen (secondary N) is 1. The van der Waals surface area contributed by atoms with Gasteiger partial charge in [-0.2, -0.15) is 4.98 Å². The van der Waals surface area contributed by atoms with Crippen molar-refractivity contribution >= 4 is 34.7 Å². The van der Waals surface area contributed by atoms with Gasteiger partial charge in [-0.15, -0.1) is 0 Å². The summed E-state index contributed by atoms with van der Waals surface area (Å²) in [5, 5.41) is 3.18. The first-order chi connectivity index (χ1) is 13.3. The van der Waals surface area contributed by atoms with E-state index in [2.05, 4.69) is 15.3 Å². The van der Waals surface area contributed by atoms with E-state index in [9.17, 15) is 4.79 Å². The SMILES string of the molecule is Cc1ccc(Nc2nccc(N(C)c3ccc(N)cc3)n2)cc1C(=O)N(C)C. The van der Waals surface area contributed by atoms with Gasteiger partial charge in [0.25, 0.3) is 5.91 Å². The average Bonchev–Trinajstić information content (AvgIpc) is 2.69. The molecule has 0 unspecified atom stereocenters. The molecule has 1 heterocycles. The van der Waals surface area contributed by atoms with Gasteiger partial charge in [-0.05, 0) is 55.0 Å². The third kappa shape index (κ3) is 4.20. The van der Waals surface area contributed by atoms with Gasteiger partial charge in [-0.1, -0.05) is 6.07 Å². The third-order valence-electron chi connectivity index (χ3n) is 4.40. The van der Waals surface area contributed by atoms with Crippen LogP contribution >= 0.6 is 0 Å². The summed E-state index contributed by atoms with van der Waals surface area (Å²) in [5.41, 5.74) is 9.75. The Morgan fingerprint density at radius 1 is 1.04 bits per heavy atom. The largest absolute Gasteiger partial charge is 0.399 e. The van der Waals surface area contributed by atoms with Gasteiger partial charge in [-0.3, -0.25) is 4.79 Å². The molecular formula is C21H24N6O. The zero-order chi connectivity index (χ0) is 20.3. The maximum absolute atomic E-state index is 12.3. The van der Waals surface area contributed by atoms with Crippen molar-refractivity contribution in [2.75, 3.05) is 37.1 Å². The van der Waals surface area contributed by atoms with Gasteiger partial charge in [0.2, 0.25) is 5.95 Å². The highest BCUT2D eigenvalue weighted by molar-refractivity contribution is 5.96. The molecule has 144 valence electrons. The Morgan fingerprint density at radius 3 is 2.43 bits per heavy atom. The predicted molar refractivity (Wildman–Crippen MR) is 113 cm³/mol. The first kappa shape index (κ1) is 19.2. The summed E-state index contributed by atoms with van der Waals surface area (Å²) < 4.78 is 0. The first-order valence-corrected chi connectivity index (χ1v) is 8.87. The van der Waals surface area contributed by atoms with Crippen LogP contribution in [0.1, 0.15) is 15.9 Å². The van der Waals surface area contributed by atoms with Crippen LogP contribution in [-0.2, 0) is 0 Å². The Labute approximate surface area is 164 Å². The van der Waals surface area contributed by atoms with Crippen LogP contribution < -0.4 is 16.0 Å². The number of nitrogens with zero attached hydrogens (tertiary/aromatic N) is 4. The quantitative estimate of drug-likeness (QED) is 0.662. The fourth-order valence-electron chi connectivity index (χ4n) is 2.73. The molecule has 1 amide bonds. The second-order valence-electron chi connectivity index (χ2n) is 6.74. The van der Waals surface area contributed by atoms with Gasteiger partial charge in [0.1, 0.15) is 5.82 Å². The fourth-order valence-corrected chi connectivity index (χ4v) is 2.73. The molecular weight excluding hydrogens is 352 g/mol. The molecule has 0 aliphatic rings. The monoisotopic (exact) mass is 376 g/mol. The van der Waals surface area contributed by atoms with Crippen LogP contribution in [0.4, 0.5) is 28.8 Å². The number of aromatic nitrogens is 2. The lowest BCUT2D eigenvalue weighted by molar-refractivity contribution is 0.0827. The molecule has 0 fully saturated rings. The number of rotatable bonds is 5. The molecule has 0 aliphatic heterocycles. The van der Waals surface area contributed by atoms with E-state index >= 15 is 0 Å². The van der Waals surface area contributed by atoms with Gasteiger partial charge in [0.05, 0.1) is 0 Å². The van der Waals surface area contributed by atoms with E-state index < -0.39 is 0 Å². The van der Waals surface area contributed by atoms with Crippen molar-refractivity contribution in [2.24, 2.45) is 0 Å². The standard InChI is InChI=1S/C21H24N6O/c1-14-5-8-16(13-18(14)20(28)26(2)3)24-21-23-12-11-19(25-21)27(4)17-9-6-15(22)7-10-17/h5-13H,22H2,1-4H3,(H,23,24,25). The zero-order valence-corrected chi connectivity index (χ0v) is 16.5. The number of amides is 1. The number of hydrogen-bond acceptors (Lipinski definition) is 6. The number of benzene rings is 2. The highest BCUT2D eigenvalue weighted by Gasteiger charge is 2.13. The van der Waals surface area contributed by atoms with Gasteiger partial charge >= 0.3 is 0 Å². The lowest BCUT2D eigenvalue weighted by Gasteiger charge is -2.19. The lowest BCUT2D eigenvalue weighted by Crippen LogP contribution is -2.22. The summed E-state index contributed by atoms with van der Waals surface area (Å²) in [4.78, 5) is 24.7. The zero-order valence-electron chi connectivity index (χ0n) is 16.5. The average molecular weight is 376 g/mol. The number of hydrogen-bond donors (Lipinski definition) is 2. The summed E-state index contributed by atoms with van der Waals surface area (Å²) in [5.74, 6) is 1.14. The molecule has 7 nitrogen and oxygen atoms in total. The molecule has 28 heavy (non-hydrogen) atoms. The Morgan fingerprint density at radius 2 is 1.75 bits per heavy atom. The summed E-state index contributed by atoms with van der Waals surface area (Å²) in [6.45, 7) is 1.92. The maximum atomic E-state index is 12.3. The molecule has 0 atom stereocenters. The minimum absolute atomic E-state index is 0.0427. The lowest BCUT2D eigenvalue weighted by atomic mass is 10.1. The van der Waals surface area contributed by atoms with Crippen molar-refractivity contribution in [1.29, 1.82) is 0 Å². The molecule has 0 spiro atoms. The van der Waals surface area contributed by atoms with Crippen molar-refractivity contribution < 1.29 is 4.79 Å². The van der Waals surface area contributed by atoms with Crippen LogP contribution in [0.3, 0.4) is 0 Å². The molecule has 7 heteroatoms. The maximum Gasteiger partial charge on any atom is 0.253 e.